The summed E-state index contributed by atoms with van der Waals surface area (Å²) in [5.74, 6) is -1.67. The van der Waals surface area contributed by atoms with E-state index in [2.05, 4.69) is 9.97 Å². The lowest BCUT2D eigenvalue weighted by atomic mass is 9.95. The number of aromatic nitrogens is 2. The molecule has 1 aliphatic rings. The Balaban J connectivity index is 1.87. The van der Waals surface area contributed by atoms with Gasteiger partial charge in [0.25, 0.3) is 11.7 Å². The van der Waals surface area contributed by atoms with E-state index < -0.39 is 17.7 Å². The number of ketones is 1. The molecular weight excluding hydrogens is 453 g/mol. The summed E-state index contributed by atoms with van der Waals surface area (Å²) in [6.45, 7) is 0.154. The van der Waals surface area contributed by atoms with Crippen molar-refractivity contribution in [3.05, 3.63) is 93.5 Å². The zero-order valence-corrected chi connectivity index (χ0v) is 18.3. The first-order valence-electron chi connectivity index (χ1n) is 9.53. The maximum atomic E-state index is 13.1. The van der Waals surface area contributed by atoms with E-state index >= 15 is 0 Å². The number of carbonyl (C=O) groups is 2. The highest BCUT2D eigenvalue weighted by Gasteiger charge is 2.46. The number of halogens is 2. The minimum atomic E-state index is -0.828. The van der Waals surface area contributed by atoms with Crippen LogP contribution in [-0.4, -0.2) is 38.8 Å². The average molecular weight is 470 g/mol. The summed E-state index contributed by atoms with van der Waals surface area (Å²) in [6, 6.07) is 8.93. The second-order valence-electron chi connectivity index (χ2n) is 7.04. The first-order chi connectivity index (χ1) is 15.4. The number of aliphatic hydroxyl groups is 1. The number of hydrogen-bond donors (Lipinski definition) is 1. The number of pyridine rings is 2. The van der Waals surface area contributed by atoms with Crippen LogP contribution in [0.2, 0.25) is 10.0 Å². The van der Waals surface area contributed by atoms with Crippen LogP contribution < -0.4 is 4.74 Å². The number of nitrogens with zero attached hydrogens (tertiary/aromatic N) is 3. The molecule has 162 valence electrons. The van der Waals surface area contributed by atoms with Crippen molar-refractivity contribution >= 4 is 40.7 Å². The van der Waals surface area contributed by atoms with Gasteiger partial charge < -0.3 is 14.7 Å². The molecule has 1 unspecified atom stereocenters. The fourth-order valence-electron chi connectivity index (χ4n) is 3.67. The van der Waals surface area contributed by atoms with Crippen LogP contribution >= 0.6 is 23.2 Å². The topological polar surface area (TPSA) is 92.6 Å². The molecule has 1 amide bonds. The van der Waals surface area contributed by atoms with Crippen molar-refractivity contribution in [1.82, 2.24) is 14.9 Å². The van der Waals surface area contributed by atoms with Gasteiger partial charge in [0.05, 0.1) is 28.8 Å². The summed E-state index contributed by atoms with van der Waals surface area (Å²) in [4.78, 5) is 35.5. The fraction of sp³-hybridized carbons (Fsp3) is 0.130. The van der Waals surface area contributed by atoms with Crippen molar-refractivity contribution in [2.75, 3.05) is 7.11 Å². The number of benzene rings is 1. The molecule has 0 spiro atoms. The van der Waals surface area contributed by atoms with Crippen molar-refractivity contribution in [3.8, 4) is 5.75 Å². The number of hydrogen-bond acceptors (Lipinski definition) is 6. The Morgan fingerprint density at radius 1 is 1.03 bits per heavy atom. The monoisotopic (exact) mass is 469 g/mol. The summed E-state index contributed by atoms with van der Waals surface area (Å²) in [6.07, 6.45) is 6.33. The molecule has 3 heterocycles. The van der Waals surface area contributed by atoms with Gasteiger partial charge in [0.1, 0.15) is 5.76 Å². The molecule has 1 fully saturated rings. The van der Waals surface area contributed by atoms with Gasteiger partial charge in [0.2, 0.25) is 0 Å². The van der Waals surface area contributed by atoms with Gasteiger partial charge in [-0.3, -0.25) is 19.6 Å². The number of aliphatic hydroxyl groups excluding tert-OH is 1. The molecule has 0 radical (unpaired) electrons. The van der Waals surface area contributed by atoms with Crippen LogP contribution in [0.3, 0.4) is 0 Å². The highest BCUT2D eigenvalue weighted by atomic mass is 35.5. The molecule has 2 aromatic heterocycles. The van der Waals surface area contributed by atoms with E-state index in [1.165, 1.54) is 24.1 Å². The molecule has 3 aromatic rings. The molecule has 7 nitrogen and oxygen atoms in total. The van der Waals surface area contributed by atoms with Crippen LogP contribution in [0.25, 0.3) is 5.76 Å². The smallest absolute Gasteiger partial charge is 0.295 e. The van der Waals surface area contributed by atoms with Crippen LogP contribution in [0.4, 0.5) is 0 Å². The molecule has 4 rings (SSSR count). The van der Waals surface area contributed by atoms with Gasteiger partial charge in [-0.15, -0.1) is 0 Å². The summed E-state index contributed by atoms with van der Waals surface area (Å²) in [5.41, 5.74) is 1.55. The molecule has 0 saturated carbocycles. The highest BCUT2D eigenvalue weighted by Crippen LogP contribution is 2.42. The van der Waals surface area contributed by atoms with Crippen LogP contribution in [-0.2, 0) is 16.1 Å². The van der Waals surface area contributed by atoms with Crippen LogP contribution in [0, 0.1) is 0 Å². The molecule has 1 saturated heterocycles. The Kier molecular flexibility index (Phi) is 6.12. The molecule has 1 aliphatic heterocycles. The number of amides is 1. The molecule has 1 atom stereocenters. The Hall–Kier alpha value is -3.42. The van der Waals surface area contributed by atoms with Gasteiger partial charge in [-0.2, -0.15) is 0 Å². The van der Waals surface area contributed by atoms with E-state index in [1.54, 1.807) is 49.1 Å². The SMILES string of the molecule is COc1c(Cl)cc(/C(O)=C2\C(=O)C(=O)N(Cc3ccncc3)C2c2ccncc2)cc1Cl. The van der Waals surface area contributed by atoms with E-state index in [4.69, 9.17) is 27.9 Å². The van der Waals surface area contributed by atoms with Gasteiger partial charge in [-0.1, -0.05) is 23.2 Å². The van der Waals surface area contributed by atoms with Crippen LogP contribution in [0.15, 0.2) is 66.8 Å². The third kappa shape index (κ3) is 3.92. The van der Waals surface area contributed by atoms with Crippen molar-refractivity contribution < 1.29 is 19.4 Å². The molecular formula is C23H17Cl2N3O4. The maximum Gasteiger partial charge on any atom is 0.295 e. The lowest BCUT2D eigenvalue weighted by molar-refractivity contribution is -0.140. The van der Waals surface area contributed by atoms with Crippen molar-refractivity contribution in [1.29, 1.82) is 0 Å². The van der Waals surface area contributed by atoms with Gasteiger partial charge >= 0.3 is 0 Å². The Morgan fingerprint density at radius 2 is 1.59 bits per heavy atom. The number of methoxy groups -OCH3 is 1. The third-order valence-electron chi connectivity index (χ3n) is 5.14. The van der Waals surface area contributed by atoms with Crippen LogP contribution in [0.5, 0.6) is 5.75 Å². The number of carbonyl (C=O) groups excluding carboxylic acids is 2. The first kappa shape index (κ1) is 21.8. The zero-order chi connectivity index (χ0) is 22.8. The van der Waals surface area contributed by atoms with Gasteiger partial charge in [-0.05, 0) is 47.5 Å². The number of ether oxygens (including phenoxy) is 1. The Morgan fingerprint density at radius 3 is 2.16 bits per heavy atom. The molecule has 1 aromatic carbocycles. The van der Waals surface area contributed by atoms with E-state index in [0.717, 1.165) is 5.56 Å². The average Bonchev–Trinajstić information content (AvgIpc) is 3.04. The zero-order valence-electron chi connectivity index (χ0n) is 16.8. The molecule has 0 bridgehead atoms. The molecule has 1 N–H and O–H groups in total. The van der Waals surface area contributed by atoms with Crippen LogP contribution in [0.1, 0.15) is 22.7 Å². The Bertz CT molecular complexity index is 1190. The maximum absolute atomic E-state index is 13.1. The summed E-state index contributed by atoms with van der Waals surface area (Å²) < 4.78 is 5.15. The van der Waals surface area contributed by atoms with E-state index in [1.807, 2.05) is 0 Å². The normalized spacial score (nSPS) is 17.6. The van der Waals surface area contributed by atoms with Crippen molar-refractivity contribution in [3.63, 3.8) is 0 Å². The lowest BCUT2D eigenvalue weighted by Crippen LogP contribution is -2.29. The quantitative estimate of drug-likeness (QED) is 0.337. The van der Waals surface area contributed by atoms with Gasteiger partial charge in [0, 0.05) is 36.9 Å². The first-order valence-corrected chi connectivity index (χ1v) is 10.3. The summed E-state index contributed by atoms with van der Waals surface area (Å²) in [5, 5.41) is 11.5. The van der Waals surface area contributed by atoms with E-state index in [9.17, 15) is 14.7 Å². The fourth-order valence-corrected chi connectivity index (χ4v) is 4.31. The second kappa shape index (κ2) is 8.98. The Labute approximate surface area is 193 Å². The number of Topliss-reactive ketones (excluding diaryl/α,β-unsaturated/α-hetero) is 1. The largest absolute Gasteiger partial charge is 0.507 e. The lowest BCUT2D eigenvalue weighted by Gasteiger charge is -2.25. The van der Waals surface area contributed by atoms with E-state index in [-0.39, 0.29) is 39.2 Å². The highest BCUT2D eigenvalue weighted by molar-refractivity contribution is 6.46. The van der Waals surface area contributed by atoms with E-state index in [0.29, 0.717) is 5.56 Å². The van der Waals surface area contributed by atoms with Gasteiger partial charge in [-0.25, -0.2) is 0 Å². The second-order valence-corrected chi connectivity index (χ2v) is 7.85. The van der Waals surface area contributed by atoms with Crippen molar-refractivity contribution in [2.24, 2.45) is 0 Å². The third-order valence-corrected chi connectivity index (χ3v) is 5.70. The molecule has 0 aliphatic carbocycles. The number of rotatable bonds is 5. The summed E-state index contributed by atoms with van der Waals surface area (Å²) in [7, 11) is 1.42. The van der Waals surface area contributed by atoms with Crippen molar-refractivity contribution in [2.45, 2.75) is 12.6 Å². The minimum absolute atomic E-state index is 0.0624. The number of likely N-dealkylation sites (tertiary alicyclic amines) is 1. The predicted octanol–water partition coefficient (Wildman–Crippen LogP) is 4.41. The van der Waals surface area contributed by atoms with Gasteiger partial charge in [0.15, 0.2) is 5.75 Å². The molecule has 9 heteroatoms. The predicted molar refractivity (Wildman–Crippen MR) is 119 cm³/mol. The standard InChI is InChI=1S/C23H17Cl2N3O4/c1-32-22-16(24)10-15(11-17(22)25)20(29)18-19(14-4-8-27-9-5-14)28(23(31)21(18)30)12-13-2-6-26-7-3-13/h2-11,19,29H,12H2,1H3/b20-18+. The minimum Gasteiger partial charge on any atom is -0.507 e. The summed E-state index contributed by atoms with van der Waals surface area (Å²) >= 11 is 12.4. The molecule has 32 heavy (non-hydrogen) atoms.